The minimum atomic E-state index is -5.36. The molecule has 16 heavy (non-hydrogen) atoms. The molecule has 0 aromatic heterocycles. The summed E-state index contributed by atoms with van der Waals surface area (Å²) in [5, 5.41) is 0. The number of carbonyl (C=O) groups is 1. The van der Waals surface area contributed by atoms with Crippen molar-refractivity contribution in [2.75, 3.05) is 0 Å². The third-order valence-corrected chi connectivity index (χ3v) is 1.74. The number of rotatable bonds is 2. The number of hydrogen-bond acceptors (Lipinski definition) is 1. The van der Waals surface area contributed by atoms with Crippen LogP contribution in [-0.4, -0.2) is 12.0 Å². The molecule has 0 aliphatic carbocycles. The van der Waals surface area contributed by atoms with Crippen molar-refractivity contribution < 1.29 is 26.7 Å². The molecule has 0 saturated carbocycles. The Morgan fingerprint density at radius 3 is 1.88 bits per heavy atom. The van der Waals surface area contributed by atoms with Crippen LogP contribution < -0.4 is 0 Å². The molecule has 0 fully saturated rings. The normalized spacial score (nSPS) is 11.1. The summed E-state index contributed by atoms with van der Waals surface area (Å²) >= 11 is 0. The summed E-state index contributed by atoms with van der Waals surface area (Å²) in [6.45, 7) is 0. The van der Waals surface area contributed by atoms with E-state index in [0.29, 0.717) is 0 Å². The fourth-order valence-electron chi connectivity index (χ4n) is 1.06. The van der Waals surface area contributed by atoms with Crippen LogP contribution in [0.2, 0.25) is 0 Å². The van der Waals surface area contributed by atoms with E-state index < -0.39 is 29.2 Å². The van der Waals surface area contributed by atoms with Gasteiger partial charge in [-0.1, -0.05) is 30.3 Å². The molecule has 0 amide bonds. The monoisotopic (exact) mass is 236 g/mol. The fourth-order valence-corrected chi connectivity index (χ4v) is 1.06. The zero-order chi connectivity index (χ0) is 12.3. The fraction of sp³-hybridized carbons (Fsp3) is 0.100. The first-order valence-electron chi connectivity index (χ1n) is 4.06. The second kappa shape index (κ2) is 4.42. The largest absolute Gasteiger partial charge is 0.425 e. The molecule has 0 spiro atoms. The van der Waals surface area contributed by atoms with Crippen molar-refractivity contribution in [1.82, 2.24) is 0 Å². The lowest BCUT2D eigenvalue weighted by atomic mass is 10.0. The average Bonchev–Trinajstić information content (AvgIpc) is 2.16. The molecule has 0 radical (unpaired) electrons. The second-order valence-electron chi connectivity index (χ2n) is 2.83. The van der Waals surface area contributed by atoms with Gasteiger partial charge in [0.2, 0.25) is 5.78 Å². The SMILES string of the molecule is O=C(C(=C(F)F)C(F)(F)F)c1ccccc1. The maximum absolute atomic E-state index is 12.1. The van der Waals surface area contributed by atoms with Gasteiger partial charge >= 0.3 is 6.18 Å². The Morgan fingerprint density at radius 2 is 1.50 bits per heavy atom. The third kappa shape index (κ3) is 2.65. The molecule has 0 heterocycles. The number of carbonyl (C=O) groups excluding carboxylic acids is 1. The van der Waals surface area contributed by atoms with Crippen molar-refractivity contribution in [3.8, 4) is 0 Å². The number of ketones is 1. The Balaban J connectivity index is 3.19. The van der Waals surface area contributed by atoms with Crippen LogP contribution in [-0.2, 0) is 0 Å². The van der Waals surface area contributed by atoms with Crippen LogP contribution in [0.15, 0.2) is 42.0 Å². The van der Waals surface area contributed by atoms with Crippen molar-refractivity contribution >= 4 is 5.78 Å². The van der Waals surface area contributed by atoms with E-state index in [0.717, 1.165) is 12.1 Å². The Bertz CT molecular complexity index is 415. The van der Waals surface area contributed by atoms with Gasteiger partial charge in [0.15, 0.2) is 5.57 Å². The summed E-state index contributed by atoms with van der Waals surface area (Å²) in [6.07, 6.45) is -8.38. The number of Topliss-reactive ketones (excluding diaryl/α,β-unsaturated/α-hetero) is 1. The molecule has 0 atom stereocenters. The van der Waals surface area contributed by atoms with Gasteiger partial charge in [-0.05, 0) is 0 Å². The van der Waals surface area contributed by atoms with Crippen LogP contribution in [0.3, 0.4) is 0 Å². The summed E-state index contributed by atoms with van der Waals surface area (Å²) in [5.74, 6) is -1.73. The first kappa shape index (κ1) is 12.4. The first-order valence-corrected chi connectivity index (χ1v) is 4.06. The van der Waals surface area contributed by atoms with E-state index in [1.54, 1.807) is 0 Å². The van der Waals surface area contributed by atoms with E-state index in [1.807, 2.05) is 0 Å². The molecule has 0 aliphatic heterocycles. The predicted octanol–water partition coefficient (Wildman–Crippen LogP) is 3.58. The number of alkyl halides is 3. The van der Waals surface area contributed by atoms with Gasteiger partial charge in [-0.15, -0.1) is 0 Å². The Labute approximate surface area is 87.2 Å². The van der Waals surface area contributed by atoms with Gasteiger partial charge in [0, 0.05) is 5.56 Å². The summed E-state index contributed by atoms with van der Waals surface area (Å²) in [7, 11) is 0. The summed E-state index contributed by atoms with van der Waals surface area (Å²) in [5.41, 5.74) is -2.85. The van der Waals surface area contributed by atoms with Crippen LogP contribution in [0.1, 0.15) is 10.4 Å². The Kier molecular flexibility index (Phi) is 3.41. The molecule has 0 saturated heterocycles. The van der Waals surface area contributed by atoms with Crippen LogP contribution in [0, 0.1) is 0 Å². The molecule has 0 unspecified atom stereocenters. The Morgan fingerprint density at radius 1 is 1.00 bits per heavy atom. The van der Waals surface area contributed by atoms with Crippen molar-refractivity contribution in [1.29, 1.82) is 0 Å². The maximum Gasteiger partial charge on any atom is 0.425 e. The standard InChI is InChI=1S/C10H5F5O/c11-9(12)7(10(13,14)15)8(16)6-4-2-1-3-5-6/h1-5H. The highest BCUT2D eigenvalue weighted by atomic mass is 19.4. The minimum Gasteiger partial charge on any atom is -0.288 e. The average molecular weight is 236 g/mol. The van der Waals surface area contributed by atoms with Gasteiger partial charge in [-0.2, -0.15) is 22.0 Å². The number of allylic oxidation sites excluding steroid dienone is 1. The zero-order valence-corrected chi connectivity index (χ0v) is 7.68. The molecule has 86 valence electrons. The number of benzene rings is 1. The highest BCUT2D eigenvalue weighted by Crippen LogP contribution is 2.32. The van der Waals surface area contributed by atoms with Crippen LogP contribution in [0.5, 0.6) is 0 Å². The topological polar surface area (TPSA) is 17.1 Å². The van der Waals surface area contributed by atoms with Crippen molar-refractivity contribution in [2.24, 2.45) is 0 Å². The van der Waals surface area contributed by atoms with Crippen molar-refractivity contribution in [3.05, 3.63) is 47.5 Å². The van der Waals surface area contributed by atoms with E-state index in [2.05, 4.69) is 0 Å². The van der Waals surface area contributed by atoms with E-state index >= 15 is 0 Å². The minimum absolute atomic E-state index is 0.428. The highest BCUT2D eigenvalue weighted by molar-refractivity contribution is 6.09. The third-order valence-electron chi connectivity index (χ3n) is 1.74. The molecule has 1 rings (SSSR count). The van der Waals surface area contributed by atoms with Gasteiger partial charge in [-0.3, -0.25) is 4.79 Å². The molecule has 0 aliphatic rings. The lowest BCUT2D eigenvalue weighted by molar-refractivity contribution is -0.0919. The van der Waals surface area contributed by atoms with Crippen LogP contribution >= 0.6 is 0 Å². The number of halogens is 5. The molecule has 1 aromatic rings. The summed E-state index contributed by atoms with van der Waals surface area (Å²) in [4.78, 5) is 11.2. The summed E-state index contributed by atoms with van der Waals surface area (Å²) in [6, 6.07) is 6.11. The van der Waals surface area contributed by atoms with Gasteiger partial charge < -0.3 is 0 Å². The molecular weight excluding hydrogens is 231 g/mol. The lowest BCUT2D eigenvalue weighted by Gasteiger charge is -2.09. The van der Waals surface area contributed by atoms with E-state index in [1.165, 1.54) is 18.2 Å². The molecule has 0 bridgehead atoms. The Hall–Kier alpha value is -1.72. The van der Waals surface area contributed by atoms with Gasteiger partial charge in [0.05, 0.1) is 0 Å². The summed E-state index contributed by atoms with van der Waals surface area (Å²) < 4.78 is 60.6. The van der Waals surface area contributed by atoms with E-state index in [-0.39, 0.29) is 0 Å². The molecule has 1 aromatic carbocycles. The molecular formula is C10H5F5O. The predicted molar refractivity (Wildman–Crippen MR) is 46.1 cm³/mol. The van der Waals surface area contributed by atoms with Gasteiger partial charge in [0.1, 0.15) is 0 Å². The van der Waals surface area contributed by atoms with Crippen molar-refractivity contribution in [2.45, 2.75) is 6.18 Å². The molecule has 0 N–H and O–H groups in total. The highest BCUT2D eigenvalue weighted by Gasteiger charge is 2.42. The molecule has 6 heteroatoms. The molecule has 1 nitrogen and oxygen atoms in total. The smallest absolute Gasteiger partial charge is 0.288 e. The lowest BCUT2D eigenvalue weighted by Crippen LogP contribution is -2.21. The quantitative estimate of drug-likeness (QED) is 0.435. The van der Waals surface area contributed by atoms with Gasteiger partial charge in [-0.25, -0.2) is 0 Å². The first-order chi connectivity index (χ1) is 7.34. The van der Waals surface area contributed by atoms with E-state index in [4.69, 9.17) is 0 Å². The number of hydrogen-bond donors (Lipinski definition) is 0. The zero-order valence-electron chi connectivity index (χ0n) is 7.68. The maximum atomic E-state index is 12.1. The van der Waals surface area contributed by atoms with Gasteiger partial charge in [0.25, 0.3) is 6.08 Å². The van der Waals surface area contributed by atoms with Crippen molar-refractivity contribution in [3.63, 3.8) is 0 Å². The van der Waals surface area contributed by atoms with Crippen LogP contribution in [0.4, 0.5) is 22.0 Å². The second-order valence-corrected chi connectivity index (χ2v) is 2.83. The van der Waals surface area contributed by atoms with Crippen LogP contribution in [0.25, 0.3) is 0 Å². The van der Waals surface area contributed by atoms with E-state index in [9.17, 15) is 26.7 Å².